The summed E-state index contributed by atoms with van der Waals surface area (Å²) in [6.07, 6.45) is 6.68. The topological polar surface area (TPSA) is 61.8 Å². The molecule has 3 rings (SSSR count). The fraction of sp³-hybridized carbons (Fsp3) is 0.938. The second-order valence-electron chi connectivity index (χ2n) is 7.25. The first-order valence-corrected chi connectivity index (χ1v) is 8.37. The lowest BCUT2D eigenvalue weighted by atomic mass is 9.91. The highest BCUT2D eigenvalue weighted by Crippen LogP contribution is 2.42. The third kappa shape index (κ3) is 3.76. The van der Waals surface area contributed by atoms with Crippen molar-refractivity contribution < 1.29 is 14.6 Å². The Hall–Kier alpha value is -0.650. The number of likely N-dealkylation sites (N-methyl/N-ethyl adjacent to an activating group) is 1. The summed E-state index contributed by atoms with van der Waals surface area (Å²) in [5, 5.41) is 13.3. The van der Waals surface area contributed by atoms with Gasteiger partial charge in [-0.2, -0.15) is 0 Å². The average Bonchev–Trinajstić information content (AvgIpc) is 3.32. The molecule has 1 aliphatic heterocycles. The molecule has 3 aliphatic rings. The van der Waals surface area contributed by atoms with Crippen LogP contribution in [0.3, 0.4) is 0 Å². The fourth-order valence-corrected chi connectivity index (χ4v) is 3.65. The lowest BCUT2D eigenvalue weighted by molar-refractivity contribution is -0.147. The molecule has 21 heavy (non-hydrogen) atoms. The van der Waals surface area contributed by atoms with Crippen LogP contribution in [0.25, 0.3) is 0 Å². The Morgan fingerprint density at radius 3 is 2.62 bits per heavy atom. The van der Waals surface area contributed by atoms with Gasteiger partial charge in [0.25, 0.3) is 0 Å². The van der Waals surface area contributed by atoms with Crippen LogP contribution in [0.2, 0.25) is 0 Å². The van der Waals surface area contributed by atoms with Crippen LogP contribution < -0.4 is 5.32 Å². The van der Waals surface area contributed by atoms with Crippen LogP contribution in [0.4, 0.5) is 0 Å². The average molecular weight is 296 g/mol. The molecule has 3 fully saturated rings. The third-order valence-corrected chi connectivity index (χ3v) is 5.04. The number of carboxylic acid groups (broad SMARTS) is 1. The smallest absolute Gasteiger partial charge is 0.325 e. The van der Waals surface area contributed by atoms with Crippen LogP contribution in [0.5, 0.6) is 0 Å². The molecule has 5 heteroatoms. The molecule has 0 amide bonds. The van der Waals surface area contributed by atoms with Crippen molar-refractivity contribution in [3.05, 3.63) is 0 Å². The van der Waals surface area contributed by atoms with E-state index in [1.807, 2.05) is 0 Å². The Kier molecular flexibility index (Phi) is 4.52. The minimum atomic E-state index is -0.731. The van der Waals surface area contributed by atoms with Crippen LogP contribution in [-0.4, -0.2) is 60.9 Å². The summed E-state index contributed by atoms with van der Waals surface area (Å²) in [5.74, 6) is 0.194. The van der Waals surface area contributed by atoms with Gasteiger partial charge in [-0.3, -0.25) is 10.1 Å². The van der Waals surface area contributed by atoms with Gasteiger partial charge in [0.15, 0.2) is 0 Å². The molecule has 5 nitrogen and oxygen atoms in total. The molecule has 0 spiro atoms. The van der Waals surface area contributed by atoms with Crippen molar-refractivity contribution in [2.45, 2.75) is 50.1 Å². The molecule has 120 valence electrons. The van der Waals surface area contributed by atoms with Gasteiger partial charge in [-0.15, -0.1) is 0 Å². The van der Waals surface area contributed by atoms with Gasteiger partial charge in [0.1, 0.15) is 5.54 Å². The Bertz CT molecular complexity index is 376. The molecule has 0 aromatic heterocycles. The van der Waals surface area contributed by atoms with Gasteiger partial charge in [0.2, 0.25) is 0 Å². The van der Waals surface area contributed by atoms with Crippen molar-refractivity contribution in [3.63, 3.8) is 0 Å². The van der Waals surface area contributed by atoms with Gasteiger partial charge in [0.05, 0.1) is 6.61 Å². The van der Waals surface area contributed by atoms with Crippen LogP contribution >= 0.6 is 0 Å². The van der Waals surface area contributed by atoms with E-state index in [0.29, 0.717) is 24.4 Å². The van der Waals surface area contributed by atoms with Gasteiger partial charge in [0, 0.05) is 25.7 Å². The maximum absolute atomic E-state index is 12.0. The number of hydrogen-bond acceptors (Lipinski definition) is 4. The van der Waals surface area contributed by atoms with Gasteiger partial charge in [-0.1, -0.05) is 0 Å². The highest BCUT2D eigenvalue weighted by Gasteiger charge is 2.53. The molecule has 1 heterocycles. The molecule has 2 atom stereocenters. The van der Waals surface area contributed by atoms with Crippen LogP contribution in [-0.2, 0) is 9.53 Å². The Morgan fingerprint density at radius 2 is 2.10 bits per heavy atom. The molecule has 2 unspecified atom stereocenters. The van der Waals surface area contributed by atoms with E-state index in [-0.39, 0.29) is 0 Å². The summed E-state index contributed by atoms with van der Waals surface area (Å²) < 4.78 is 5.54. The zero-order valence-corrected chi connectivity index (χ0v) is 13.0. The summed E-state index contributed by atoms with van der Waals surface area (Å²) in [6, 6.07) is 0.424. The predicted octanol–water partition coefficient (Wildman–Crippen LogP) is 1.33. The number of carboxylic acids is 1. The molecular formula is C16H28N2O3. The monoisotopic (exact) mass is 296 g/mol. The number of nitrogens with one attached hydrogen (secondary N) is 1. The lowest BCUT2D eigenvalue weighted by Crippen LogP contribution is -2.61. The Morgan fingerprint density at radius 1 is 1.33 bits per heavy atom. The van der Waals surface area contributed by atoms with E-state index in [4.69, 9.17) is 4.74 Å². The van der Waals surface area contributed by atoms with Crippen molar-refractivity contribution in [1.82, 2.24) is 10.2 Å². The number of rotatable bonds is 8. The van der Waals surface area contributed by atoms with E-state index in [9.17, 15) is 9.90 Å². The van der Waals surface area contributed by atoms with Crippen molar-refractivity contribution in [1.29, 1.82) is 0 Å². The SMILES string of the molecule is CN(CC1CCCOC1)CC(NC1CC1)(C(=O)O)C1CC1. The predicted molar refractivity (Wildman–Crippen MR) is 80.3 cm³/mol. The van der Waals surface area contributed by atoms with Gasteiger partial charge < -0.3 is 14.7 Å². The third-order valence-electron chi connectivity index (χ3n) is 5.04. The highest BCUT2D eigenvalue weighted by atomic mass is 16.5. The van der Waals surface area contributed by atoms with E-state index < -0.39 is 11.5 Å². The summed E-state index contributed by atoms with van der Waals surface area (Å²) >= 11 is 0. The number of hydrogen-bond donors (Lipinski definition) is 2. The first-order chi connectivity index (χ1) is 10.1. The standard InChI is InChI=1S/C16H28N2O3/c1-18(9-12-3-2-8-21-10-12)11-16(15(19)20,13-4-5-13)17-14-6-7-14/h12-14,17H,2-11H2,1H3,(H,19,20). The van der Waals surface area contributed by atoms with Crippen molar-refractivity contribution in [2.75, 3.05) is 33.4 Å². The number of carbonyl (C=O) groups is 1. The molecule has 0 aromatic rings. The number of ether oxygens (including phenoxy) is 1. The zero-order valence-electron chi connectivity index (χ0n) is 13.0. The molecule has 0 radical (unpaired) electrons. The Balaban J connectivity index is 1.60. The molecule has 0 aromatic carbocycles. The first-order valence-electron chi connectivity index (χ1n) is 8.37. The van der Waals surface area contributed by atoms with E-state index in [1.54, 1.807) is 0 Å². The van der Waals surface area contributed by atoms with Crippen LogP contribution in [0, 0.1) is 11.8 Å². The van der Waals surface area contributed by atoms with Gasteiger partial charge in [-0.05, 0) is 57.4 Å². The molecule has 1 saturated heterocycles. The van der Waals surface area contributed by atoms with Crippen LogP contribution in [0.15, 0.2) is 0 Å². The zero-order chi connectivity index (χ0) is 14.9. The fourth-order valence-electron chi connectivity index (χ4n) is 3.65. The summed E-state index contributed by atoms with van der Waals surface area (Å²) in [4.78, 5) is 14.2. The largest absolute Gasteiger partial charge is 0.480 e. The molecular weight excluding hydrogens is 268 g/mol. The van der Waals surface area contributed by atoms with E-state index in [1.165, 1.54) is 6.42 Å². The molecule has 2 aliphatic carbocycles. The molecule has 0 bridgehead atoms. The van der Waals surface area contributed by atoms with Crippen molar-refractivity contribution in [2.24, 2.45) is 11.8 Å². The van der Waals surface area contributed by atoms with Crippen molar-refractivity contribution in [3.8, 4) is 0 Å². The van der Waals surface area contributed by atoms with Crippen LogP contribution in [0.1, 0.15) is 38.5 Å². The maximum atomic E-state index is 12.0. The second kappa shape index (κ2) is 6.23. The Labute approximate surface area is 127 Å². The second-order valence-corrected chi connectivity index (χ2v) is 7.25. The van der Waals surface area contributed by atoms with Gasteiger partial charge in [-0.25, -0.2) is 0 Å². The quantitative estimate of drug-likeness (QED) is 0.707. The number of nitrogens with zero attached hydrogens (tertiary/aromatic N) is 1. The summed E-state index contributed by atoms with van der Waals surface area (Å²) in [6.45, 7) is 3.25. The maximum Gasteiger partial charge on any atom is 0.325 e. The lowest BCUT2D eigenvalue weighted by Gasteiger charge is -2.36. The van der Waals surface area contributed by atoms with Gasteiger partial charge >= 0.3 is 5.97 Å². The first kappa shape index (κ1) is 15.3. The van der Waals surface area contributed by atoms with Crippen molar-refractivity contribution >= 4 is 5.97 Å². The molecule has 2 saturated carbocycles. The van der Waals surface area contributed by atoms with E-state index in [0.717, 1.165) is 51.9 Å². The summed E-state index contributed by atoms with van der Waals surface area (Å²) in [7, 11) is 2.06. The normalized spacial score (nSPS) is 29.3. The molecule has 2 N–H and O–H groups in total. The minimum absolute atomic E-state index is 0.306. The minimum Gasteiger partial charge on any atom is -0.480 e. The number of aliphatic carboxylic acids is 1. The van der Waals surface area contributed by atoms with E-state index in [2.05, 4.69) is 17.3 Å². The summed E-state index contributed by atoms with van der Waals surface area (Å²) in [5.41, 5.74) is -0.731. The highest BCUT2D eigenvalue weighted by molar-refractivity contribution is 5.80. The van der Waals surface area contributed by atoms with E-state index >= 15 is 0 Å².